The summed E-state index contributed by atoms with van der Waals surface area (Å²) in [6.45, 7) is 3.74. The summed E-state index contributed by atoms with van der Waals surface area (Å²) in [7, 11) is 1.47. The molecule has 1 N–H and O–H groups in total. The smallest absolute Gasteiger partial charge is 0.338 e. The van der Waals surface area contributed by atoms with Crippen molar-refractivity contribution in [2.75, 3.05) is 13.7 Å². The Balaban J connectivity index is 1.92. The molecule has 0 unspecified atom stereocenters. The molecule has 0 saturated carbocycles. The molecular formula is C22H20N2O5S2. The van der Waals surface area contributed by atoms with E-state index in [2.05, 4.69) is 4.99 Å². The van der Waals surface area contributed by atoms with Crippen LogP contribution in [0.4, 0.5) is 0 Å². The van der Waals surface area contributed by atoms with Crippen LogP contribution < -0.4 is 19.6 Å². The van der Waals surface area contributed by atoms with Crippen LogP contribution in [0, 0.1) is 0 Å². The highest BCUT2D eigenvalue weighted by molar-refractivity contribution is 7.10. The molecule has 1 aliphatic heterocycles. The fraction of sp³-hybridized carbons (Fsp3) is 0.227. The predicted octanol–water partition coefficient (Wildman–Crippen LogP) is 2.57. The van der Waals surface area contributed by atoms with E-state index in [4.69, 9.17) is 9.47 Å². The van der Waals surface area contributed by atoms with E-state index in [-0.39, 0.29) is 17.9 Å². The van der Waals surface area contributed by atoms with Crippen LogP contribution >= 0.6 is 22.7 Å². The number of hydrogen-bond donors (Lipinski definition) is 1. The maximum atomic E-state index is 13.4. The molecule has 0 aliphatic carbocycles. The fourth-order valence-electron chi connectivity index (χ4n) is 3.44. The number of aromatic hydroxyl groups is 1. The summed E-state index contributed by atoms with van der Waals surface area (Å²) in [5.41, 5.74) is 1.36. The van der Waals surface area contributed by atoms with Gasteiger partial charge < -0.3 is 14.6 Å². The van der Waals surface area contributed by atoms with Gasteiger partial charge in [0.05, 0.1) is 29.5 Å². The number of rotatable bonds is 5. The third-order valence-electron chi connectivity index (χ3n) is 4.83. The first kappa shape index (κ1) is 21.1. The van der Waals surface area contributed by atoms with Crippen molar-refractivity contribution in [2.24, 2.45) is 4.99 Å². The quantitative estimate of drug-likeness (QED) is 0.596. The van der Waals surface area contributed by atoms with E-state index in [1.54, 1.807) is 36.6 Å². The normalized spacial score (nSPS) is 16.1. The van der Waals surface area contributed by atoms with E-state index in [0.717, 1.165) is 4.88 Å². The van der Waals surface area contributed by atoms with Gasteiger partial charge in [-0.3, -0.25) is 9.36 Å². The molecule has 160 valence electrons. The molecule has 0 bridgehead atoms. The first-order valence-corrected chi connectivity index (χ1v) is 11.2. The molecule has 7 nitrogen and oxygen atoms in total. The van der Waals surface area contributed by atoms with Crippen molar-refractivity contribution < 1.29 is 19.4 Å². The van der Waals surface area contributed by atoms with E-state index in [1.165, 1.54) is 35.8 Å². The highest BCUT2D eigenvalue weighted by atomic mass is 32.1. The van der Waals surface area contributed by atoms with E-state index in [0.29, 0.717) is 31.9 Å². The second-order valence-corrected chi connectivity index (χ2v) is 8.74. The lowest BCUT2D eigenvalue weighted by Crippen LogP contribution is -2.39. The third kappa shape index (κ3) is 3.82. The fourth-order valence-corrected chi connectivity index (χ4v) is 5.31. The highest BCUT2D eigenvalue weighted by Crippen LogP contribution is 2.33. The molecule has 9 heteroatoms. The number of aromatic nitrogens is 1. The minimum absolute atomic E-state index is 0.0218. The monoisotopic (exact) mass is 456 g/mol. The van der Waals surface area contributed by atoms with Crippen LogP contribution in [0.15, 0.2) is 56.8 Å². The first-order valence-electron chi connectivity index (χ1n) is 9.54. The van der Waals surface area contributed by atoms with Crippen molar-refractivity contribution in [1.82, 2.24) is 4.57 Å². The van der Waals surface area contributed by atoms with Crippen LogP contribution in [-0.4, -0.2) is 29.4 Å². The average molecular weight is 457 g/mol. The lowest BCUT2D eigenvalue weighted by molar-refractivity contribution is -0.139. The number of esters is 1. The number of thiazole rings is 1. The topological polar surface area (TPSA) is 90.1 Å². The van der Waals surface area contributed by atoms with Gasteiger partial charge in [0.15, 0.2) is 16.3 Å². The van der Waals surface area contributed by atoms with E-state index in [9.17, 15) is 14.7 Å². The zero-order valence-electron chi connectivity index (χ0n) is 17.1. The second kappa shape index (κ2) is 8.52. The van der Waals surface area contributed by atoms with Crippen LogP contribution in [0.5, 0.6) is 11.5 Å². The van der Waals surface area contributed by atoms with Gasteiger partial charge in [0, 0.05) is 4.88 Å². The summed E-state index contributed by atoms with van der Waals surface area (Å²) in [6.07, 6.45) is 1.72. The molecule has 3 heterocycles. The van der Waals surface area contributed by atoms with Crippen molar-refractivity contribution in [3.8, 4) is 11.5 Å². The van der Waals surface area contributed by atoms with Crippen molar-refractivity contribution in [2.45, 2.75) is 19.9 Å². The number of ether oxygens (including phenoxy) is 2. The van der Waals surface area contributed by atoms with Gasteiger partial charge >= 0.3 is 5.97 Å². The Bertz CT molecular complexity index is 1350. The number of hydrogen-bond acceptors (Lipinski definition) is 8. The van der Waals surface area contributed by atoms with Crippen molar-refractivity contribution in [3.63, 3.8) is 0 Å². The van der Waals surface area contributed by atoms with E-state index >= 15 is 0 Å². The molecule has 0 fully saturated rings. The van der Waals surface area contributed by atoms with Gasteiger partial charge in [-0.25, -0.2) is 9.79 Å². The number of fused-ring (bicyclic) bond motifs is 1. The Hall–Kier alpha value is -3.17. The summed E-state index contributed by atoms with van der Waals surface area (Å²) in [4.78, 5) is 32.1. The molecule has 2 aromatic heterocycles. The zero-order valence-corrected chi connectivity index (χ0v) is 18.8. The summed E-state index contributed by atoms with van der Waals surface area (Å²) >= 11 is 2.72. The molecule has 31 heavy (non-hydrogen) atoms. The van der Waals surface area contributed by atoms with Gasteiger partial charge in [0.25, 0.3) is 5.56 Å². The summed E-state index contributed by atoms with van der Waals surface area (Å²) in [5, 5.41) is 11.7. The number of methoxy groups -OCH3 is 1. The number of phenols is 1. The summed E-state index contributed by atoms with van der Waals surface area (Å²) < 4.78 is 12.4. The first-order chi connectivity index (χ1) is 14.9. The maximum absolute atomic E-state index is 13.4. The van der Waals surface area contributed by atoms with Gasteiger partial charge in [-0.2, -0.15) is 0 Å². The predicted molar refractivity (Wildman–Crippen MR) is 119 cm³/mol. The van der Waals surface area contributed by atoms with Gasteiger partial charge in [0.2, 0.25) is 0 Å². The number of carbonyl (C=O) groups excluding carboxylic acids is 1. The molecular weight excluding hydrogens is 436 g/mol. The minimum Gasteiger partial charge on any atom is -0.504 e. The molecule has 1 atom stereocenters. The Labute approximate surface area is 185 Å². The molecule has 3 aromatic rings. The van der Waals surface area contributed by atoms with Crippen LogP contribution in [0.3, 0.4) is 0 Å². The number of carbonyl (C=O) groups is 1. The van der Waals surface area contributed by atoms with Gasteiger partial charge in [0.1, 0.15) is 6.04 Å². The van der Waals surface area contributed by atoms with Crippen LogP contribution in [0.2, 0.25) is 0 Å². The molecule has 1 aromatic carbocycles. The maximum Gasteiger partial charge on any atom is 0.338 e. The lowest BCUT2D eigenvalue weighted by atomic mass is 10.0. The van der Waals surface area contributed by atoms with Crippen LogP contribution in [0.1, 0.15) is 30.3 Å². The summed E-state index contributed by atoms with van der Waals surface area (Å²) in [6, 6.07) is 8.05. The summed E-state index contributed by atoms with van der Waals surface area (Å²) in [5.74, 6) is -0.133. The number of nitrogens with zero attached hydrogens (tertiary/aromatic N) is 2. The third-order valence-corrected chi connectivity index (χ3v) is 6.74. The Kier molecular flexibility index (Phi) is 5.79. The molecule has 1 aliphatic rings. The Morgan fingerprint density at radius 2 is 2.16 bits per heavy atom. The van der Waals surface area contributed by atoms with Crippen molar-refractivity contribution in [1.29, 1.82) is 0 Å². The number of benzene rings is 1. The SMILES string of the molecule is CCOC(=O)C1=C(C)N=c2s/c(=C/c3ccc(O)c(OC)c3)c(=O)n2[C@@H]1c1cccs1. The molecule has 0 radical (unpaired) electrons. The van der Waals surface area contributed by atoms with E-state index < -0.39 is 12.0 Å². The second-order valence-electron chi connectivity index (χ2n) is 6.75. The van der Waals surface area contributed by atoms with Crippen molar-refractivity contribution in [3.05, 3.63) is 77.1 Å². The van der Waals surface area contributed by atoms with Crippen LogP contribution in [-0.2, 0) is 9.53 Å². The standard InChI is InChI=1S/C22H20N2O5S2/c1-4-29-21(27)18-12(2)23-22-24(19(18)16-6-5-9-30-16)20(26)17(31-22)11-13-7-8-14(25)15(10-13)28-3/h5-11,19,25H,4H2,1-3H3/b17-11+/t19-/m1/s1. The lowest BCUT2D eigenvalue weighted by Gasteiger charge is -2.23. The highest BCUT2D eigenvalue weighted by Gasteiger charge is 2.33. The van der Waals surface area contributed by atoms with Gasteiger partial charge in [-0.15, -0.1) is 11.3 Å². The average Bonchev–Trinajstić information content (AvgIpc) is 3.37. The van der Waals surface area contributed by atoms with Crippen molar-refractivity contribution >= 4 is 34.7 Å². The number of allylic oxidation sites excluding steroid dienone is 1. The molecule has 4 rings (SSSR count). The Morgan fingerprint density at radius 3 is 2.84 bits per heavy atom. The van der Waals surface area contributed by atoms with E-state index in [1.807, 2.05) is 17.5 Å². The largest absolute Gasteiger partial charge is 0.504 e. The zero-order chi connectivity index (χ0) is 22.1. The van der Waals surface area contributed by atoms with Gasteiger partial charge in [-0.05, 0) is 49.1 Å². The molecule has 0 saturated heterocycles. The minimum atomic E-state index is -0.591. The molecule has 0 amide bonds. The number of thiophene rings is 1. The molecule has 0 spiro atoms. The van der Waals surface area contributed by atoms with Crippen LogP contribution in [0.25, 0.3) is 6.08 Å². The van der Waals surface area contributed by atoms with Gasteiger partial charge in [-0.1, -0.05) is 23.5 Å². The number of phenolic OH excluding ortho intramolecular Hbond substituents is 1. The Morgan fingerprint density at radius 1 is 1.35 bits per heavy atom.